The highest BCUT2D eigenvalue weighted by Gasteiger charge is 2.34. The maximum absolute atomic E-state index is 12.3. The molecule has 1 aliphatic heterocycles. The average molecular weight is 344 g/mol. The predicted octanol–water partition coefficient (Wildman–Crippen LogP) is 3.38. The normalized spacial score (nSPS) is 18.0. The first kappa shape index (κ1) is 17.1. The molecule has 1 aromatic carbocycles. The molecule has 3 rings (SSSR count). The van der Waals surface area contributed by atoms with Crippen molar-refractivity contribution in [3.63, 3.8) is 0 Å². The van der Waals surface area contributed by atoms with Crippen molar-refractivity contribution in [2.75, 3.05) is 19.8 Å². The fourth-order valence-electron chi connectivity index (χ4n) is 3.16. The molecule has 24 heavy (non-hydrogen) atoms. The summed E-state index contributed by atoms with van der Waals surface area (Å²) in [6.07, 6.45) is 1.79. The second-order valence-corrected chi connectivity index (χ2v) is 7.14. The fraction of sp³-hybridized carbons (Fsp3) is 0.421. The Morgan fingerprint density at radius 3 is 2.67 bits per heavy atom. The summed E-state index contributed by atoms with van der Waals surface area (Å²) in [6, 6.07) is 12.5. The van der Waals surface area contributed by atoms with Gasteiger partial charge in [0, 0.05) is 42.3 Å². The molecule has 1 aliphatic rings. The number of nitrogens with one attached hydrogen (secondary N) is 2. The minimum absolute atomic E-state index is 0.00344. The maximum atomic E-state index is 12.3. The molecule has 0 radical (unpaired) electrons. The van der Waals surface area contributed by atoms with Gasteiger partial charge in [0.2, 0.25) is 0 Å². The van der Waals surface area contributed by atoms with Gasteiger partial charge in [-0.1, -0.05) is 30.3 Å². The van der Waals surface area contributed by atoms with E-state index in [1.54, 1.807) is 0 Å². The monoisotopic (exact) mass is 344 g/mol. The zero-order valence-electron chi connectivity index (χ0n) is 14.0. The Morgan fingerprint density at radius 1 is 1.25 bits per heavy atom. The van der Waals surface area contributed by atoms with Crippen LogP contribution < -0.4 is 10.6 Å². The van der Waals surface area contributed by atoms with Crippen molar-refractivity contribution in [3.8, 4) is 0 Å². The van der Waals surface area contributed by atoms with Gasteiger partial charge in [-0.05, 0) is 36.8 Å². The number of hydrogen-bond acceptors (Lipinski definition) is 4. The molecule has 2 heterocycles. The van der Waals surface area contributed by atoms with Crippen molar-refractivity contribution in [1.82, 2.24) is 10.6 Å². The van der Waals surface area contributed by atoms with Gasteiger partial charge in [-0.3, -0.25) is 4.79 Å². The van der Waals surface area contributed by atoms with Crippen molar-refractivity contribution < 1.29 is 9.53 Å². The van der Waals surface area contributed by atoms with Gasteiger partial charge in [0.25, 0.3) is 5.91 Å². The van der Waals surface area contributed by atoms with E-state index in [1.165, 1.54) is 16.9 Å². The molecule has 1 amide bonds. The predicted molar refractivity (Wildman–Crippen MR) is 97.4 cm³/mol. The first-order valence-corrected chi connectivity index (χ1v) is 9.34. The minimum atomic E-state index is -0.126. The van der Waals surface area contributed by atoms with Gasteiger partial charge < -0.3 is 15.4 Å². The number of ether oxygens (including phenoxy) is 1. The molecule has 128 valence electrons. The molecule has 1 aromatic heterocycles. The van der Waals surface area contributed by atoms with E-state index in [9.17, 15) is 4.79 Å². The number of carbonyl (C=O) groups is 1. The van der Waals surface area contributed by atoms with Crippen LogP contribution in [0.2, 0.25) is 0 Å². The second kappa shape index (κ2) is 7.92. The molecule has 0 aliphatic carbocycles. The minimum Gasteiger partial charge on any atom is -0.381 e. The van der Waals surface area contributed by atoms with Crippen LogP contribution in [0.5, 0.6) is 0 Å². The molecule has 1 atom stereocenters. The molecule has 2 aromatic rings. The van der Waals surface area contributed by atoms with E-state index >= 15 is 0 Å². The first-order valence-electron chi connectivity index (χ1n) is 8.39. The zero-order chi connectivity index (χ0) is 16.8. The summed E-state index contributed by atoms with van der Waals surface area (Å²) in [5, 5.41) is 10.7. The second-order valence-electron chi connectivity index (χ2n) is 6.36. The highest BCUT2D eigenvalue weighted by molar-refractivity contribution is 7.08. The smallest absolute Gasteiger partial charge is 0.252 e. The van der Waals surface area contributed by atoms with E-state index in [2.05, 4.69) is 41.8 Å². The highest BCUT2D eigenvalue weighted by atomic mass is 32.1. The Balaban J connectivity index is 1.67. The number of carbonyl (C=O) groups excluding carboxylic acids is 1. The van der Waals surface area contributed by atoms with Crippen LogP contribution in [-0.2, 0) is 4.74 Å². The van der Waals surface area contributed by atoms with E-state index in [1.807, 2.05) is 22.9 Å². The van der Waals surface area contributed by atoms with Gasteiger partial charge in [0.05, 0.1) is 0 Å². The van der Waals surface area contributed by atoms with E-state index in [0.717, 1.165) is 31.6 Å². The van der Waals surface area contributed by atoms with Crippen LogP contribution in [0.4, 0.5) is 0 Å². The number of rotatable bonds is 6. The van der Waals surface area contributed by atoms with Gasteiger partial charge in [-0.15, -0.1) is 0 Å². The Hall–Kier alpha value is -1.69. The number of thiophene rings is 1. The van der Waals surface area contributed by atoms with Crippen LogP contribution in [0.15, 0.2) is 47.2 Å². The Kier molecular flexibility index (Phi) is 5.66. The van der Waals surface area contributed by atoms with Crippen LogP contribution >= 0.6 is 11.3 Å². The standard InChI is InChI=1S/C19H24N2O2S/c1-15(16-5-3-2-4-6-16)21-19(8-10-23-11-9-19)14-20-18(22)17-7-12-24-13-17/h2-7,12-13,15,21H,8-11,14H2,1H3,(H,20,22)/t15-/m1/s1. The van der Waals surface area contributed by atoms with Crippen LogP contribution in [0.25, 0.3) is 0 Å². The van der Waals surface area contributed by atoms with E-state index in [0.29, 0.717) is 6.54 Å². The van der Waals surface area contributed by atoms with Crippen molar-refractivity contribution in [3.05, 3.63) is 58.3 Å². The van der Waals surface area contributed by atoms with Crippen molar-refractivity contribution in [2.24, 2.45) is 0 Å². The molecule has 2 N–H and O–H groups in total. The molecule has 0 unspecified atom stereocenters. The maximum Gasteiger partial charge on any atom is 0.252 e. The molecule has 0 spiro atoms. The molecule has 4 nitrogen and oxygen atoms in total. The lowest BCUT2D eigenvalue weighted by molar-refractivity contribution is 0.0332. The van der Waals surface area contributed by atoms with Gasteiger partial charge in [0.15, 0.2) is 0 Å². The quantitative estimate of drug-likeness (QED) is 0.845. The largest absolute Gasteiger partial charge is 0.381 e. The Bertz CT molecular complexity index is 637. The molecular weight excluding hydrogens is 320 g/mol. The van der Waals surface area contributed by atoms with E-state index in [4.69, 9.17) is 4.74 Å². The first-order chi connectivity index (χ1) is 11.7. The third kappa shape index (κ3) is 4.23. The summed E-state index contributed by atoms with van der Waals surface area (Å²) in [6.45, 7) is 4.24. The molecule has 5 heteroatoms. The van der Waals surface area contributed by atoms with Crippen LogP contribution in [0, 0.1) is 0 Å². The van der Waals surface area contributed by atoms with Gasteiger partial charge in [-0.2, -0.15) is 11.3 Å². The van der Waals surface area contributed by atoms with Gasteiger partial charge in [0.1, 0.15) is 0 Å². The number of amides is 1. The molecule has 0 bridgehead atoms. The van der Waals surface area contributed by atoms with Gasteiger partial charge in [-0.25, -0.2) is 0 Å². The summed E-state index contributed by atoms with van der Waals surface area (Å²) in [4.78, 5) is 12.3. The topological polar surface area (TPSA) is 50.4 Å². The van der Waals surface area contributed by atoms with E-state index in [-0.39, 0.29) is 17.5 Å². The van der Waals surface area contributed by atoms with Crippen molar-refractivity contribution in [2.45, 2.75) is 31.3 Å². The number of hydrogen-bond donors (Lipinski definition) is 2. The lowest BCUT2D eigenvalue weighted by Gasteiger charge is -2.40. The molecular formula is C19H24N2O2S. The highest BCUT2D eigenvalue weighted by Crippen LogP contribution is 2.25. The summed E-state index contributed by atoms with van der Waals surface area (Å²) in [5.74, 6) is -0.00344. The Labute approximate surface area is 147 Å². The lowest BCUT2D eigenvalue weighted by atomic mass is 9.88. The summed E-state index contributed by atoms with van der Waals surface area (Å²) < 4.78 is 5.54. The van der Waals surface area contributed by atoms with Gasteiger partial charge >= 0.3 is 0 Å². The van der Waals surface area contributed by atoms with Crippen LogP contribution in [0.3, 0.4) is 0 Å². The molecule has 1 fully saturated rings. The summed E-state index contributed by atoms with van der Waals surface area (Å²) >= 11 is 1.54. The molecule has 0 saturated carbocycles. The Morgan fingerprint density at radius 2 is 2.00 bits per heavy atom. The SMILES string of the molecule is C[C@@H](NC1(CNC(=O)c2ccsc2)CCOCC1)c1ccccc1. The number of benzene rings is 1. The fourth-order valence-corrected chi connectivity index (χ4v) is 3.80. The average Bonchev–Trinajstić information content (AvgIpc) is 3.16. The summed E-state index contributed by atoms with van der Waals surface area (Å²) in [7, 11) is 0. The third-order valence-corrected chi connectivity index (χ3v) is 5.33. The van der Waals surface area contributed by atoms with Crippen LogP contribution in [-0.4, -0.2) is 31.2 Å². The zero-order valence-corrected chi connectivity index (χ0v) is 14.8. The van der Waals surface area contributed by atoms with Crippen molar-refractivity contribution in [1.29, 1.82) is 0 Å². The lowest BCUT2D eigenvalue weighted by Crippen LogP contribution is -2.57. The third-order valence-electron chi connectivity index (χ3n) is 4.64. The molecule has 1 saturated heterocycles. The van der Waals surface area contributed by atoms with Crippen LogP contribution in [0.1, 0.15) is 41.7 Å². The van der Waals surface area contributed by atoms with Crippen molar-refractivity contribution >= 4 is 17.2 Å². The van der Waals surface area contributed by atoms with E-state index < -0.39 is 0 Å². The summed E-state index contributed by atoms with van der Waals surface area (Å²) in [5.41, 5.74) is 1.87.